The maximum atomic E-state index is 12.7. The zero-order valence-corrected chi connectivity index (χ0v) is 17.2. The number of nitriles is 1. The number of amides is 3. The van der Waals surface area contributed by atoms with E-state index in [1.165, 1.54) is 9.80 Å². The van der Waals surface area contributed by atoms with Gasteiger partial charge in [-0.3, -0.25) is 14.6 Å². The van der Waals surface area contributed by atoms with Crippen molar-refractivity contribution < 1.29 is 28.9 Å². The predicted octanol–water partition coefficient (Wildman–Crippen LogP) is 1.09. The van der Waals surface area contributed by atoms with E-state index in [0.29, 0.717) is 35.0 Å². The molecule has 3 amide bonds. The first-order chi connectivity index (χ1) is 15.6. The molecule has 2 aromatic rings. The van der Waals surface area contributed by atoms with Gasteiger partial charge in [-0.05, 0) is 24.3 Å². The second-order valence-corrected chi connectivity index (χ2v) is 7.23. The molecule has 32 heavy (non-hydrogen) atoms. The summed E-state index contributed by atoms with van der Waals surface area (Å²) in [5.41, 5.74) is 0.957. The fourth-order valence-electron chi connectivity index (χ4n) is 3.41. The number of carbonyl (C=O) groups excluding carboxylic acids is 2. The molecule has 2 aliphatic rings. The Kier molecular flexibility index (Phi) is 6.39. The van der Waals surface area contributed by atoms with E-state index in [1.807, 2.05) is 6.07 Å². The normalized spacial score (nSPS) is 15.8. The molecule has 10 heteroatoms. The highest BCUT2D eigenvalue weighted by Crippen LogP contribution is 2.36. The number of fused-ring (bicyclic) bond motifs is 1. The average Bonchev–Trinajstić information content (AvgIpc) is 3.39. The molecule has 1 unspecified atom stereocenters. The highest BCUT2D eigenvalue weighted by molar-refractivity contribution is 6.12. The van der Waals surface area contributed by atoms with Crippen molar-refractivity contribution in [3.8, 4) is 23.3 Å². The largest absolute Gasteiger partial charge is 0.489 e. The number of hydrogen-bond acceptors (Lipinski definition) is 8. The Balaban J connectivity index is 1.22. The molecule has 0 bridgehead atoms. The first-order valence-electron chi connectivity index (χ1n) is 10.1. The summed E-state index contributed by atoms with van der Waals surface area (Å²) >= 11 is 0. The second kappa shape index (κ2) is 9.55. The molecule has 0 spiro atoms. The summed E-state index contributed by atoms with van der Waals surface area (Å²) in [5, 5.41) is 22.2. The van der Waals surface area contributed by atoms with Gasteiger partial charge in [0, 0.05) is 31.4 Å². The van der Waals surface area contributed by atoms with Crippen LogP contribution >= 0.6 is 0 Å². The van der Waals surface area contributed by atoms with Crippen molar-refractivity contribution in [2.45, 2.75) is 6.10 Å². The Labute approximate surface area is 184 Å². The molecular formula is C22H22N4O6. The van der Waals surface area contributed by atoms with Crippen LogP contribution in [0.5, 0.6) is 17.2 Å². The van der Waals surface area contributed by atoms with Crippen LogP contribution in [0, 0.1) is 11.3 Å². The molecular weight excluding hydrogens is 416 g/mol. The average molecular weight is 438 g/mol. The highest BCUT2D eigenvalue weighted by atomic mass is 16.7. The minimum absolute atomic E-state index is 0.00512. The molecule has 1 fully saturated rings. The first-order valence-corrected chi connectivity index (χ1v) is 10.1. The number of urea groups is 1. The van der Waals surface area contributed by atoms with Crippen molar-refractivity contribution >= 4 is 17.6 Å². The molecule has 2 heterocycles. The van der Waals surface area contributed by atoms with Gasteiger partial charge in [0.1, 0.15) is 31.1 Å². The van der Waals surface area contributed by atoms with Gasteiger partial charge in [0.05, 0.1) is 5.56 Å². The predicted molar refractivity (Wildman–Crippen MR) is 113 cm³/mol. The molecule has 2 aromatic carbocycles. The quantitative estimate of drug-likeness (QED) is 0.440. The van der Waals surface area contributed by atoms with Crippen LogP contribution in [0.3, 0.4) is 0 Å². The fraction of sp³-hybridized carbons (Fsp3) is 0.318. The lowest BCUT2D eigenvalue weighted by Gasteiger charge is -2.18. The summed E-state index contributed by atoms with van der Waals surface area (Å²) in [6, 6.07) is 13.5. The maximum absolute atomic E-state index is 12.7. The van der Waals surface area contributed by atoms with Gasteiger partial charge in [0.2, 0.25) is 6.79 Å². The van der Waals surface area contributed by atoms with Crippen molar-refractivity contribution in [2.75, 3.05) is 44.5 Å². The van der Waals surface area contributed by atoms with Gasteiger partial charge < -0.3 is 24.6 Å². The van der Waals surface area contributed by atoms with Crippen LogP contribution < -0.4 is 24.4 Å². The SMILES string of the molecule is N#Cc1ccccc1OCC(O)CNCCN1C(=O)CN(c2ccc3c(c2)OCO3)C1=O. The van der Waals surface area contributed by atoms with Gasteiger partial charge in [-0.1, -0.05) is 12.1 Å². The van der Waals surface area contributed by atoms with Crippen LogP contribution in [-0.2, 0) is 4.79 Å². The number of para-hydroxylation sites is 1. The Hall–Kier alpha value is -3.81. The van der Waals surface area contributed by atoms with Crippen LogP contribution in [0.1, 0.15) is 5.56 Å². The molecule has 0 radical (unpaired) electrons. The van der Waals surface area contributed by atoms with Gasteiger partial charge in [0.25, 0.3) is 5.91 Å². The van der Waals surface area contributed by atoms with E-state index < -0.39 is 12.1 Å². The first kappa shape index (κ1) is 21.4. The number of nitrogens with one attached hydrogen (secondary N) is 1. The number of aliphatic hydroxyl groups excluding tert-OH is 1. The van der Waals surface area contributed by atoms with E-state index in [0.717, 1.165) is 0 Å². The molecule has 1 atom stereocenters. The molecule has 166 valence electrons. The molecule has 10 nitrogen and oxygen atoms in total. The monoisotopic (exact) mass is 438 g/mol. The molecule has 2 aliphatic heterocycles. The van der Waals surface area contributed by atoms with E-state index in [4.69, 9.17) is 19.5 Å². The Morgan fingerprint density at radius 2 is 2.00 bits per heavy atom. The third kappa shape index (κ3) is 4.59. The summed E-state index contributed by atoms with van der Waals surface area (Å²) < 4.78 is 16.1. The Morgan fingerprint density at radius 3 is 2.84 bits per heavy atom. The van der Waals surface area contributed by atoms with Crippen molar-refractivity contribution in [1.82, 2.24) is 10.2 Å². The molecule has 0 aliphatic carbocycles. The number of carbonyl (C=O) groups is 2. The van der Waals surface area contributed by atoms with Crippen LogP contribution in [0.15, 0.2) is 42.5 Å². The molecule has 2 N–H and O–H groups in total. The van der Waals surface area contributed by atoms with Crippen LogP contribution in [0.2, 0.25) is 0 Å². The number of ether oxygens (including phenoxy) is 3. The number of anilines is 1. The maximum Gasteiger partial charge on any atom is 0.331 e. The van der Waals surface area contributed by atoms with E-state index in [9.17, 15) is 14.7 Å². The van der Waals surface area contributed by atoms with Gasteiger partial charge in [-0.2, -0.15) is 5.26 Å². The summed E-state index contributed by atoms with van der Waals surface area (Å²) in [7, 11) is 0. The zero-order chi connectivity index (χ0) is 22.5. The number of imide groups is 1. The molecule has 0 saturated carbocycles. The second-order valence-electron chi connectivity index (χ2n) is 7.23. The lowest BCUT2D eigenvalue weighted by Crippen LogP contribution is -2.40. The summed E-state index contributed by atoms with van der Waals surface area (Å²) in [6.45, 7) is 0.780. The van der Waals surface area contributed by atoms with E-state index in [-0.39, 0.29) is 38.9 Å². The van der Waals surface area contributed by atoms with Crippen LogP contribution in [-0.4, -0.2) is 67.6 Å². The van der Waals surface area contributed by atoms with Crippen molar-refractivity contribution in [1.29, 1.82) is 5.26 Å². The van der Waals surface area contributed by atoms with Crippen LogP contribution in [0.25, 0.3) is 0 Å². The lowest BCUT2D eigenvalue weighted by atomic mass is 10.2. The minimum Gasteiger partial charge on any atom is -0.489 e. The molecule has 1 saturated heterocycles. The van der Waals surface area contributed by atoms with Crippen molar-refractivity contribution in [3.63, 3.8) is 0 Å². The fourth-order valence-corrected chi connectivity index (χ4v) is 3.41. The number of benzene rings is 2. The Bertz CT molecular complexity index is 1050. The van der Waals surface area contributed by atoms with E-state index >= 15 is 0 Å². The number of hydrogen-bond donors (Lipinski definition) is 2. The van der Waals surface area contributed by atoms with Gasteiger partial charge in [-0.25, -0.2) is 4.79 Å². The number of nitrogens with zero attached hydrogens (tertiary/aromatic N) is 3. The van der Waals surface area contributed by atoms with E-state index in [2.05, 4.69) is 5.32 Å². The zero-order valence-electron chi connectivity index (χ0n) is 17.2. The summed E-state index contributed by atoms with van der Waals surface area (Å²) in [4.78, 5) is 27.6. The molecule has 4 rings (SSSR count). The third-order valence-electron chi connectivity index (χ3n) is 5.05. The van der Waals surface area contributed by atoms with Gasteiger partial charge in [0.15, 0.2) is 11.5 Å². The summed E-state index contributed by atoms with van der Waals surface area (Å²) in [6.07, 6.45) is -0.822. The topological polar surface area (TPSA) is 124 Å². The smallest absolute Gasteiger partial charge is 0.331 e. The van der Waals surface area contributed by atoms with Crippen LogP contribution in [0.4, 0.5) is 10.5 Å². The van der Waals surface area contributed by atoms with Crippen molar-refractivity contribution in [2.24, 2.45) is 0 Å². The highest BCUT2D eigenvalue weighted by Gasteiger charge is 2.37. The van der Waals surface area contributed by atoms with Gasteiger partial charge >= 0.3 is 6.03 Å². The van der Waals surface area contributed by atoms with Crippen molar-refractivity contribution in [3.05, 3.63) is 48.0 Å². The minimum atomic E-state index is -0.822. The number of aliphatic hydroxyl groups is 1. The number of rotatable bonds is 9. The van der Waals surface area contributed by atoms with E-state index in [1.54, 1.807) is 42.5 Å². The van der Waals surface area contributed by atoms with Gasteiger partial charge in [-0.15, -0.1) is 0 Å². The molecule has 0 aromatic heterocycles. The standard InChI is InChI=1S/C22H22N4O6/c23-10-15-3-1-2-4-18(15)30-13-17(27)11-24-7-8-25-21(28)12-26(22(25)29)16-5-6-19-20(9-16)32-14-31-19/h1-6,9,17,24,27H,7-8,11-14H2. The Morgan fingerprint density at radius 1 is 1.19 bits per heavy atom. The third-order valence-corrected chi connectivity index (χ3v) is 5.05. The lowest BCUT2D eigenvalue weighted by molar-refractivity contribution is -0.124. The summed E-state index contributed by atoms with van der Waals surface area (Å²) in [5.74, 6) is 1.25.